The summed E-state index contributed by atoms with van der Waals surface area (Å²) in [5.74, 6) is -7.02. The lowest BCUT2D eigenvalue weighted by Gasteiger charge is -2.49. The molecule has 19 heteroatoms. The third-order valence-corrected chi connectivity index (χ3v) is 12.4. The van der Waals surface area contributed by atoms with Gasteiger partial charge in [-0.25, -0.2) is 9.79 Å². The molecule has 3 fully saturated rings. The van der Waals surface area contributed by atoms with Gasteiger partial charge in [-0.3, -0.25) is 19.7 Å². The number of fused-ring (bicyclic) bond motifs is 5. The summed E-state index contributed by atoms with van der Waals surface area (Å²) in [6.45, 7) is 18.1. The first-order chi connectivity index (χ1) is 28.6. The smallest absolute Gasteiger partial charge is 0.416 e. The monoisotopic (exact) mass is 885 g/mol. The molecule has 0 aliphatic carbocycles. The summed E-state index contributed by atoms with van der Waals surface area (Å²) in [4.78, 5) is 58.6. The molecule has 0 unspecified atom stereocenters. The van der Waals surface area contributed by atoms with Gasteiger partial charge in [0.05, 0.1) is 53.5 Å². The molecule has 1 aromatic rings. The molecule has 3 saturated heterocycles. The number of nitro benzene ring substituents is 1. The zero-order valence-electron chi connectivity index (χ0n) is 37.3. The number of halogens is 3. The van der Waals surface area contributed by atoms with Crippen LogP contribution in [-0.4, -0.2) is 131 Å². The Labute approximate surface area is 360 Å². The number of carbonyl (C=O) groups is 3. The second kappa shape index (κ2) is 19.9. The number of hydrogen-bond donors (Lipinski definition) is 2. The second-order valence-electron chi connectivity index (χ2n) is 17.7. The molecule has 16 nitrogen and oxygen atoms in total. The van der Waals surface area contributed by atoms with E-state index in [-0.39, 0.29) is 32.1 Å². The predicted octanol–water partition coefficient (Wildman–Crippen LogP) is 5.69. The van der Waals surface area contributed by atoms with Crippen molar-refractivity contribution in [2.24, 2.45) is 28.7 Å². The third-order valence-electron chi connectivity index (χ3n) is 12.4. The number of likely N-dealkylation sites (N-methyl/N-ethyl adjacent to an activating group) is 1. The van der Waals surface area contributed by atoms with Crippen LogP contribution in [0.4, 0.5) is 18.9 Å². The van der Waals surface area contributed by atoms with Crippen LogP contribution in [0.25, 0.3) is 0 Å². The lowest BCUT2D eigenvalue weighted by atomic mass is 9.73. The van der Waals surface area contributed by atoms with Gasteiger partial charge in [-0.15, -0.1) is 0 Å². The van der Waals surface area contributed by atoms with Gasteiger partial charge in [0.25, 0.3) is 5.69 Å². The van der Waals surface area contributed by atoms with Gasteiger partial charge in [0, 0.05) is 36.6 Å². The molecule has 348 valence electrons. The fourth-order valence-electron chi connectivity index (χ4n) is 9.16. The van der Waals surface area contributed by atoms with E-state index >= 15 is 0 Å². The van der Waals surface area contributed by atoms with Crippen molar-refractivity contribution < 1.29 is 71.1 Å². The van der Waals surface area contributed by atoms with E-state index in [0.29, 0.717) is 29.8 Å². The highest BCUT2D eigenvalue weighted by molar-refractivity contribution is 5.98. The van der Waals surface area contributed by atoms with E-state index in [9.17, 15) is 47.9 Å². The zero-order chi connectivity index (χ0) is 46.8. The number of benzene rings is 1. The van der Waals surface area contributed by atoms with E-state index < -0.39 is 130 Å². The van der Waals surface area contributed by atoms with E-state index in [4.69, 9.17) is 28.4 Å². The van der Waals surface area contributed by atoms with E-state index in [1.54, 1.807) is 55.6 Å². The fraction of sp³-hybridized carbons (Fsp3) is 0.721. The Morgan fingerprint density at radius 2 is 1.76 bits per heavy atom. The highest BCUT2D eigenvalue weighted by atomic mass is 19.4. The fourth-order valence-corrected chi connectivity index (χ4v) is 9.16. The first-order valence-corrected chi connectivity index (χ1v) is 20.8. The van der Waals surface area contributed by atoms with Crippen molar-refractivity contribution in [3.05, 3.63) is 51.6 Å². The third kappa shape index (κ3) is 11.3. The number of alkyl halides is 3. The van der Waals surface area contributed by atoms with Gasteiger partial charge in [-0.05, 0) is 84.7 Å². The average Bonchev–Trinajstić information content (AvgIpc) is 3.19. The Hall–Kier alpha value is -3.85. The molecule has 0 saturated carbocycles. The van der Waals surface area contributed by atoms with Crippen molar-refractivity contribution in [1.29, 1.82) is 0 Å². The summed E-state index contributed by atoms with van der Waals surface area (Å²) in [7, 11) is 3.57. The van der Waals surface area contributed by atoms with Crippen LogP contribution in [-0.2, 0) is 44.2 Å². The highest BCUT2D eigenvalue weighted by Crippen LogP contribution is 2.42. The zero-order valence-corrected chi connectivity index (χ0v) is 37.3. The number of aliphatic hydroxyl groups excluding tert-OH is 1. The molecule has 0 spiro atoms. The summed E-state index contributed by atoms with van der Waals surface area (Å²) in [5.41, 5.74) is -6.17. The lowest BCUT2D eigenvalue weighted by Crippen LogP contribution is -2.61. The molecule has 14 atom stereocenters. The minimum atomic E-state index is -4.98. The predicted molar refractivity (Wildman–Crippen MR) is 218 cm³/mol. The van der Waals surface area contributed by atoms with Gasteiger partial charge in [-0.1, -0.05) is 34.3 Å². The van der Waals surface area contributed by atoms with Crippen LogP contribution in [0.2, 0.25) is 0 Å². The first kappa shape index (κ1) is 50.8. The molecule has 1 amide bonds. The Morgan fingerprint density at radius 3 is 2.32 bits per heavy atom. The van der Waals surface area contributed by atoms with Crippen LogP contribution < -0.4 is 0 Å². The maximum atomic E-state index is 14.4. The largest absolute Gasteiger partial charge is 0.459 e. The average molecular weight is 886 g/mol. The van der Waals surface area contributed by atoms with Gasteiger partial charge in [0.15, 0.2) is 6.29 Å². The number of hydrogen-bond acceptors (Lipinski definition) is 14. The topological polar surface area (TPSA) is 206 Å². The number of amides is 1. The minimum Gasteiger partial charge on any atom is -0.459 e. The number of nitro groups is 1. The summed E-state index contributed by atoms with van der Waals surface area (Å²) in [6, 6.07) is 0.890. The molecule has 4 rings (SSSR count). The van der Waals surface area contributed by atoms with E-state index in [2.05, 4.69) is 11.6 Å². The number of ether oxygens (including phenoxy) is 6. The van der Waals surface area contributed by atoms with E-state index in [1.807, 2.05) is 4.90 Å². The summed E-state index contributed by atoms with van der Waals surface area (Å²) >= 11 is 0. The standard InChI is InChI=1S/C43H62F3N3O13/c1-13-32-42(10,54)37-24(5)33(47-27(8)50)22(3)18-41(9,58-20-21(2)19-57-37)36(62-40-34(51)31(48(11)12)16-23(4)59-40)25(6)35(26(7)38(52)60-32)61-39(53)29-15-14-28(43(44,45)46)17-30(29)49(55)56/h14-15,17,22-26,31-32,34-37,40,51,54H,2,13,16,18-20H2,1,3-12H3/t22-,23-,24+,25+,26-,31+,32-,34-,35+,36-,37-,40+,41-,42-/m1/s1. The van der Waals surface area contributed by atoms with Crippen LogP contribution in [0.5, 0.6) is 0 Å². The molecule has 3 aliphatic rings. The van der Waals surface area contributed by atoms with Crippen LogP contribution in [0.3, 0.4) is 0 Å². The van der Waals surface area contributed by atoms with Crippen LogP contribution in [0.1, 0.15) is 97.5 Å². The maximum absolute atomic E-state index is 14.4. The van der Waals surface area contributed by atoms with Gasteiger partial charge in [0.2, 0.25) is 5.91 Å². The quantitative estimate of drug-likeness (QED) is 0.146. The van der Waals surface area contributed by atoms with Crippen molar-refractivity contribution in [1.82, 2.24) is 4.90 Å². The molecule has 0 radical (unpaired) electrons. The normalized spacial score (nSPS) is 37.5. The molecule has 62 heavy (non-hydrogen) atoms. The molecule has 0 aromatic heterocycles. The lowest BCUT2D eigenvalue weighted by molar-refractivity contribution is -0.385. The molecule has 3 heterocycles. The number of cyclic esters (lactones) is 1. The van der Waals surface area contributed by atoms with Crippen LogP contribution in [0.15, 0.2) is 35.3 Å². The SMILES string of the molecule is C=C1CO[C@@H]2[C@@H](C)C(=NC(C)=O)[C@H](C)C[C@@](C)(OC1)[C@H](O[C@@H]1O[C@H](C)C[C@H](N(C)C)[C@H]1O)[C@@H](C)[C@H](OC(=O)c1ccc(C(F)(F)F)cc1[N+](=O)[O-])[C@@H](C)C(=O)O[C@H](CC)[C@@]2(C)O. The van der Waals surface area contributed by atoms with Gasteiger partial charge in [0.1, 0.15) is 29.5 Å². The molecule has 1 aromatic carbocycles. The Balaban J connectivity index is 2.04. The number of carbonyl (C=O) groups excluding carboxylic acids is 3. The van der Waals surface area contributed by atoms with Crippen molar-refractivity contribution in [2.45, 2.75) is 148 Å². The molecule has 3 aliphatic heterocycles. The maximum Gasteiger partial charge on any atom is 0.416 e. The molecule has 2 N–H and O–H groups in total. The van der Waals surface area contributed by atoms with Crippen molar-refractivity contribution >= 4 is 29.2 Å². The van der Waals surface area contributed by atoms with Crippen molar-refractivity contribution in [3.8, 4) is 0 Å². The van der Waals surface area contributed by atoms with Crippen LogP contribution in [0, 0.1) is 33.8 Å². The molecular formula is C43H62F3N3O13. The number of aliphatic imine (C=N–C) groups is 1. The Morgan fingerprint density at radius 1 is 1.11 bits per heavy atom. The first-order valence-electron chi connectivity index (χ1n) is 20.8. The van der Waals surface area contributed by atoms with Crippen molar-refractivity contribution in [3.63, 3.8) is 0 Å². The molecule has 2 bridgehead atoms. The number of aliphatic hydroxyl groups is 2. The number of rotatable bonds is 7. The highest BCUT2D eigenvalue weighted by Gasteiger charge is 2.54. The van der Waals surface area contributed by atoms with Gasteiger partial charge >= 0.3 is 18.1 Å². The minimum absolute atomic E-state index is 0.0111. The van der Waals surface area contributed by atoms with Gasteiger partial charge < -0.3 is 43.5 Å². The van der Waals surface area contributed by atoms with Crippen LogP contribution >= 0.6 is 0 Å². The van der Waals surface area contributed by atoms with E-state index in [0.717, 1.165) is 0 Å². The summed E-state index contributed by atoms with van der Waals surface area (Å²) in [6.07, 6.45) is -12.9. The second-order valence-corrected chi connectivity index (χ2v) is 17.7. The Bertz CT molecular complexity index is 1860. The molecular weight excluding hydrogens is 823 g/mol. The van der Waals surface area contributed by atoms with Gasteiger partial charge in [-0.2, -0.15) is 13.2 Å². The summed E-state index contributed by atoms with van der Waals surface area (Å²) < 4.78 is 79.2. The number of nitrogens with zero attached hydrogens (tertiary/aromatic N) is 3. The Kier molecular flexibility index (Phi) is 16.3. The van der Waals surface area contributed by atoms with E-state index in [1.165, 1.54) is 20.8 Å². The number of esters is 2. The summed E-state index contributed by atoms with van der Waals surface area (Å²) in [5, 5.41) is 36.2. The van der Waals surface area contributed by atoms with Crippen molar-refractivity contribution in [2.75, 3.05) is 27.3 Å².